The molecule has 17 heavy (non-hydrogen) atoms. The first-order chi connectivity index (χ1) is 8.10. The monoisotopic (exact) mass is 255 g/mol. The summed E-state index contributed by atoms with van der Waals surface area (Å²) in [6.07, 6.45) is 3.14. The highest BCUT2D eigenvalue weighted by Crippen LogP contribution is 2.36. The van der Waals surface area contributed by atoms with Crippen molar-refractivity contribution in [1.29, 1.82) is 0 Å². The summed E-state index contributed by atoms with van der Waals surface area (Å²) in [5, 5.41) is 14.1. The Labute approximate surface area is 107 Å². The molecule has 0 aliphatic carbocycles. The van der Waals surface area contributed by atoms with Crippen LogP contribution in [0.25, 0.3) is 0 Å². The van der Waals surface area contributed by atoms with Crippen molar-refractivity contribution in [3.63, 3.8) is 0 Å². The van der Waals surface area contributed by atoms with E-state index in [9.17, 15) is 0 Å². The zero-order valence-electron chi connectivity index (χ0n) is 10.8. The summed E-state index contributed by atoms with van der Waals surface area (Å²) in [4.78, 5) is 0. The third kappa shape index (κ3) is 3.24. The molecule has 2 rings (SSSR count). The molecule has 1 aromatic heterocycles. The predicted octanol–water partition coefficient (Wildman–Crippen LogP) is 2.10. The molecule has 1 unspecified atom stereocenters. The van der Waals surface area contributed by atoms with Gasteiger partial charge in [0.1, 0.15) is 15.6 Å². The summed E-state index contributed by atoms with van der Waals surface area (Å²) in [5.41, 5.74) is -0.179. The van der Waals surface area contributed by atoms with Crippen LogP contribution >= 0.6 is 11.3 Å². The van der Waals surface area contributed by atoms with Crippen molar-refractivity contribution in [2.24, 2.45) is 0 Å². The van der Waals surface area contributed by atoms with E-state index in [1.54, 1.807) is 11.3 Å². The molecule has 1 atom stereocenters. The molecule has 1 aromatic rings. The molecule has 1 saturated heterocycles. The van der Waals surface area contributed by atoms with Crippen molar-refractivity contribution in [3.05, 3.63) is 10.0 Å². The number of hydrogen-bond acceptors (Lipinski definition) is 5. The van der Waals surface area contributed by atoms with Crippen molar-refractivity contribution in [3.8, 4) is 0 Å². The van der Waals surface area contributed by atoms with E-state index in [4.69, 9.17) is 4.74 Å². The van der Waals surface area contributed by atoms with Crippen LogP contribution in [0.1, 0.15) is 43.6 Å². The summed E-state index contributed by atoms with van der Waals surface area (Å²) in [7, 11) is 0. The fraction of sp³-hybridized carbons (Fsp3) is 0.833. The average molecular weight is 255 g/mol. The van der Waals surface area contributed by atoms with E-state index in [2.05, 4.69) is 36.3 Å². The predicted molar refractivity (Wildman–Crippen MR) is 69.3 cm³/mol. The molecular formula is C12H21N3OS. The quantitative estimate of drug-likeness (QED) is 0.875. The minimum Gasteiger partial charge on any atom is -0.368 e. The number of rotatable bonds is 5. The first-order valence-electron chi connectivity index (χ1n) is 6.30. The lowest BCUT2D eigenvalue weighted by atomic mass is 10.0. The minimum absolute atomic E-state index is 0.179. The van der Waals surface area contributed by atoms with E-state index in [0.29, 0.717) is 6.04 Å². The van der Waals surface area contributed by atoms with Crippen LogP contribution in [0.15, 0.2) is 0 Å². The molecule has 1 aliphatic rings. The zero-order chi connectivity index (χ0) is 12.3. The lowest BCUT2D eigenvalue weighted by Crippen LogP contribution is -2.24. The van der Waals surface area contributed by atoms with Crippen molar-refractivity contribution in [2.75, 3.05) is 13.2 Å². The van der Waals surface area contributed by atoms with Gasteiger partial charge in [0.15, 0.2) is 0 Å². The second-order valence-corrected chi connectivity index (χ2v) is 6.10. The van der Waals surface area contributed by atoms with E-state index >= 15 is 0 Å². The lowest BCUT2D eigenvalue weighted by Gasteiger charge is -2.18. The second kappa shape index (κ2) is 5.42. The Morgan fingerprint density at radius 1 is 1.47 bits per heavy atom. The van der Waals surface area contributed by atoms with Gasteiger partial charge in [-0.25, -0.2) is 0 Å². The largest absolute Gasteiger partial charge is 0.368 e. The Morgan fingerprint density at radius 2 is 2.29 bits per heavy atom. The summed E-state index contributed by atoms with van der Waals surface area (Å²) in [6.45, 7) is 8.23. The lowest BCUT2D eigenvalue weighted by molar-refractivity contribution is 0.0161. The van der Waals surface area contributed by atoms with E-state index in [1.165, 1.54) is 0 Å². The van der Waals surface area contributed by atoms with Crippen molar-refractivity contribution >= 4 is 11.3 Å². The first kappa shape index (κ1) is 12.9. The Bertz CT molecular complexity index is 358. The normalized spacial score (nSPS) is 24.7. The number of nitrogens with one attached hydrogen (secondary N) is 1. The molecule has 1 N–H and O–H groups in total. The van der Waals surface area contributed by atoms with Crippen molar-refractivity contribution < 1.29 is 4.74 Å². The van der Waals surface area contributed by atoms with Crippen LogP contribution < -0.4 is 5.32 Å². The molecule has 2 heterocycles. The summed E-state index contributed by atoms with van der Waals surface area (Å²) in [5.74, 6) is 0. The highest BCUT2D eigenvalue weighted by molar-refractivity contribution is 7.11. The Kier molecular flexibility index (Phi) is 4.12. The molecule has 0 aromatic carbocycles. The maximum Gasteiger partial charge on any atom is 0.149 e. The van der Waals surface area contributed by atoms with E-state index < -0.39 is 0 Å². The van der Waals surface area contributed by atoms with Gasteiger partial charge in [0.25, 0.3) is 0 Å². The van der Waals surface area contributed by atoms with Crippen molar-refractivity contribution in [2.45, 2.75) is 51.7 Å². The summed E-state index contributed by atoms with van der Waals surface area (Å²) >= 11 is 1.69. The molecule has 0 spiro atoms. The second-order valence-electron chi connectivity index (χ2n) is 5.04. The highest BCUT2D eigenvalue weighted by atomic mass is 32.1. The van der Waals surface area contributed by atoms with Gasteiger partial charge in [-0.3, -0.25) is 0 Å². The van der Waals surface area contributed by atoms with E-state index in [1.807, 2.05) is 0 Å². The Morgan fingerprint density at radius 3 is 2.94 bits per heavy atom. The molecule has 0 bridgehead atoms. The van der Waals surface area contributed by atoms with Gasteiger partial charge in [-0.05, 0) is 19.8 Å². The number of nitrogens with zero attached hydrogens (tertiary/aromatic N) is 2. The van der Waals surface area contributed by atoms with Gasteiger partial charge in [-0.1, -0.05) is 25.2 Å². The molecule has 5 heteroatoms. The zero-order valence-corrected chi connectivity index (χ0v) is 11.6. The fourth-order valence-electron chi connectivity index (χ4n) is 1.98. The molecular weight excluding hydrogens is 234 g/mol. The summed E-state index contributed by atoms with van der Waals surface area (Å²) in [6, 6.07) is 0.526. The van der Waals surface area contributed by atoms with Crippen LogP contribution in [-0.2, 0) is 16.8 Å². The third-order valence-corrected chi connectivity index (χ3v) is 4.26. The third-order valence-electron chi connectivity index (χ3n) is 3.03. The summed E-state index contributed by atoms with van der Waals surface area (Å²) < 4.78 is 5.77. The number of aromatic nitrogens is 2. The highest BCUT2D eigenvalue weighted by Gasteiger charge is 2.35. The topological polar surface area (TPSA) is 47.0 Å². The minimum atomic E-state index is -0.179. The van der Waals surface area contributed by atoms with Crippen LogP contribution in [0.3, 0.4) is 0 Å². The van der Waals surface area contributed by atoms with Gasteiger partial charge < -0.3 is 10.1 Å². The fourth-order valence-corrected chi connectivity index (χ4v) is 2.95. The van der Waals surface area contributed by atoms with Gasteiger partial charge >= 0.3 is 0 Å². The smallest absolute Gasteiger partial charge is 0.149 e. The SMILES string of the molecule is CC(C)NCCc1nnc(C2(C)CCCO2)s1. The molecule has 1 fully saturated rings. The molecule has 0 amide bonds. The van der Waals surface area contributed by atoms with E-state index in [-0.39, 0.29) is 5.60 Å². The number of ether oxygens (including phenoxy) is 1. The van der Waals surface area contributed by atoms with Crippen LogP contribution in [0.2, 0.25) is 0 Å². The van der Waals surface area contributed by atoms with Crippen LogP contribution in [-0.4, -0.2) is 29.4 Å². The Hall–Kier alpha value is -0.520. The first-order valence-corrected chi connectivity index (χ1v) is 7.12. The average Bonchev–Trinajstić information content (AvgIpc) is 2.87. The molecule has 0 radical (unpaired) electrons. The van der Waals surface area contributed by atoms with Gasteiger partial charge in [0, 0.05) is 25.6 Å². The standard InChI is InChI=1S/C12H21N3OS/c1-9(2)13-7-5-10-14-15-11(17-10)12(3)6-4-8-16-12/h9,13H,4-8H2,1-3H3. The number of hydrogen-bond donors (Lipinski definition) is 1. The van der Waals surface area contributed by atoms with E-state index in [0.717, 1.165) is 42.4 Å². The van der Waals surface area contributed by atoms with Gasteiger partial charge in [-0.15, -0.1) is 10.2 Å². The van der Waals surface area contributed by atoms with Gasteiger partial charge in [0.2, 0.25) is 0 Å². The molecule has 96 valence electrons. The molecule has 4 nitrogen and oxygen atoms in total. The molecule has 1 aliphatic heterocycles. The van der Waals surface area contributed by atoms with Crippen molar-refractivity contribution in [1.82, 2.24) is 15.5 Å². The molecule has 0 saturated carbocycles. The van der Waals surface area contributed by atoms with Crippen LogP contribution in [0.5, 0.6) is 0 Å². The maximum absolute atomic E-state index is 5.77. The maximum atomic E-state index is 5.77. The Balaban J connectivity index is 1.91. The van der Waals surface area contributed by atoms with Gasteiger partial charge in [0.05, 0.1) is 0 Å². The van der Waals surface area contributed by atoms with Gasteiger partial charge in [-0.2, -0.15) is 0 Å². The van der Waals surface area contributed by atoms with Crippen LogP contribution in [0.4, 0.5) is 0 Å². The van der Waals surface area contributed by atoms with Crippen LogP contribution in [0, 0.1) is 0 Å².